The Morgan fingerprint density at radius 2 is 2.00 bits per heavy atom. The Kier molecular flexibility index (Phi) is 3.93. The van der Waals surface area contributed by atoms with Gasteiger partial charge in [0.25, 0.3) is 5.56 Å². The quantitative estimate of drug-likeness (QED) is 0.808. The van der Waals surface area contributed by atoms with Gasteiger partial charge in [-0.05, 0) is 38.8 Å². The van der Waals surface area contributed by atoms with Gasteiger partial charge in [0.2, 0.25) is 0 Å². The Hall–Kier alpha value is -2.10. The number of benzene rings is 1. The molecular weight excluding hydrogens is 254 g/mol. The second-order valence-corrected chi connectivity index (χ2v) is 4.93. The molecule has 0 N–H and O–H groups in total. The zero-order valence-electron chi connectivity index (χ0n) is 12.3. The number of aromatic nitrogens is 1. The van der Waals surface area contributed by atoms with Gasteiger partial charge >= 0.3 is 5.97 Å². The van der Waals surface area contributed by atoms with Crippen LogP contribution < -0.4 is 5.56 Å². The highest BCUT2D eigenvalue weighted by atomic mass is 16.5. The molecule has 1 heterocycles. The molecule has 106 valence electrons. The van der Waals surface area contributed by atoms with E-state index in [0.29, 0.717) is 6.61 Å². The minimum absolute atomic E-state index is 0.176. The van der Waals surface area contributed by atoms with Crippen LogP contribution in [0.3, 0.4) is 0 Å². The number of hydrogen-bond donors (Lipinski definition) is 0. The summed E-state index contributed by atoms with van der Waals surface area (Å²) in [5.41, 5.74) is 2.52. The van der Waals surface area contributed by atoms with Crippen molar-refractivity contribution in [1.82, 2.24) is 4.57 Å². The van der Waals surface area contributed by atoms with E-state index in [1.165, 1.54) is 4.57 Å². The summed E-state index contributed by atoms with van der Waals surface area (Å²) in [5.74, 6) is -0.386. The van der Waals surface area contributed by atoms with E-state index in [-0.39, 0.29) is 11.5 Å². The van der Waals surface area contributed by atoms with Crippen LogP contribution in [0.15, 0.2) is 29.1 Å². The van der Waals surface area contributed by atoms with Crippen molar-refractivity contribution in [3.63, 3.8) is 0 Å². The number of carbonyl (C=O) groups is 1. The molecule has 0 aliphatic heterocycles. The highest BCUT2D eigenvalue weighted by Gasteiger charge is 2.20. The van der Waals surface area contributed by atoms with Crippen molar-refractivity contribution in [2.75, 3.05) is 6.61 Å². The average molecular weight is 273 g/mol. The van der Waals surface area contributed by atoms with Gasteiger partial charge < -0.3 is 4.74 Å². The fraction of sp³-hybridized carbons (Fsp3) is 0.375. The lowest BCUT2D eigenvalue weighted by molar-refractivity contribution is -0.146. The largest absolute Gasteiger partial charge is 0.464 e. The van der Waals surface area contributed by atoms with Crippen LogP contribution in [0.5, 0.6) is 0 Å². The fourth-order valence-corrected chi connectivity index (χ4v) is 2.49. The maximum Gasteiger partial charge on any atom is 0.328 e. The number of fused-ring (bicyclic) bond motifs is 1. The fourth-order valence-electron chi connectivity index (χ4n) is 2.49. The maximum absolute atomic E-state index is 12.3. The van der Waals surface area contributed by atoms with E-state index < -0.39 is 6.04 Å². The highest BCUT2D eigenvalue weighted by Crippen LogP contribution is 2.23. The molecular formula is C16H19NO3. The molecule has 0 aliphatic rings. The van der Waals surface area contributed by atoms with Gasteiger partial charge in [-0.15, -0.1) is 0 Å². The van der Waals surface area contributed by atoms with Crippen molar-refractivity contribution in [1.29, 1.82) is 0 Å². The minimum Gasteiger partial charge on any atom is -0.464 e. The van der Waals surface area contributed by atoms with Gasteiger partial charge in [-0.3, -0.25) is 9.36 Å². The van der Waals surface area contributed by atoms with Crippen LogP contribution in [0.1, 0.15) is 31.0 Å². The number of hydrogen-bond acceptors (Lipinski definition) is 3. The van der Waals surface area contributed by atoms with Crippen LogP contribution in [-0.2, 0) is 9.53 Å². The Balaban J connectivity index is 2.76. The van der Waals surface area contributed by atoms with E-state index in [9.17, 15) is 9.59 Å². The van der Waals surface area contributed by atoms with Crippen LogP contribution >= 0.6 is 0 Å². The van der Waals surface area contributed by atoms with Crippen molar-refractivity contribution < 1.29 is 9.53 Å². The Labute approximate surface area is 118 Å². The predicted molar refractivity (Wildman–Crippen MR) is 79.0 cm³/mol. The summed E-state index contributed by atoms with van der Waals surface area (Å²) in [6, 6.07) is 6.79. The van der Waals surface area contributed by atoms with Crippen LogP contribution in [0.4, 0.5) is 0 Å². The van der Waals surface area contributed by atoms with E-state index >= 15 is 0 Å². The molecule has 0 spiro atoms. The SMILES string of the molecule is CCOC(=O)C(C)n1c(=O)cc(C)c2cccc(C)c21. The molecule has 0 saturated carbocycles. The third-order valence-electron chi connectivity index (χ3n) is 3.50. The second kappa shape index (κ2) is 5.49. The number of esters is 1. The third kappa shape index (κ3) is 2.33. The van der Waals surface area contributed by atoms with Gasteiger partial charge in [0, 0.05) is 11.5 Å². The lowest BCUT2D eigenvalue weighted by atomic mass is 10.1. The highest BCUT2D eigenvalue weighted by molar-refractivity contribution is 5.87. The molecule has 0 amide bonds. The van der Waals surface area contributed by atoms with Crippen molar-refractivity contribution in [2.45, 2.75) is 33.7 Å². The Morgan fingerprint density at radius 3 is 2.65 bits per heavy atom. The van der Waals surface area contributed by atoms with Gasteiger partial charge in [0.1, 0.15) is 6.04 Å². The normalized spacial score (nSPS) is 12.4. The first-order valence-electron chi connectivity index (χ1n) is 6.75. The summed E-state index contributed by atoms with van der Waals surface area (Å²) in [5, 5.41) is 0.987. The number of para-hydroxylation sites is 1. The summed E-state index contributed by atoms with van der Waals surface area (Å²) in [6.07, 6.45) is 0. The summed E-state index contributed by atoms with van der Waals surface area (Å²) < 4.78 is 6.56. The molecule has 0 saturated heterocycles. The molecule has 2 aromatic rings. The summed E-state index contributed by atoms with van der Waals surface area (Å²) in [7, 11) is 0. The van der Waals surface area contributed by atoms with Crippen LogP contribution in [0.25, 0.3) is 10.9 Å². The Bertz CT molecular complexity index is 715. The first kappa shape index (κ1) is 14.3. The van der Waals surface area contributed by atoms with E-state index in [4.69, 9.17) is 4.74 Å². The lowest BCUT2D eigenvalue weighted by Crippen LogP contribution is -2.30. The van der Waals surface area contributed by atoms with Crippen molar-refractivity contribution in [3.8, 4) is 0 Å². The number of nitrogens with zero attached hydrogens (tertiary/aromatic N) is 1. The molecule has 1 aromatic heterocycles. The zero-order chi connectivity index (χ0) is 14.9. The number of ether oxygens (including phenoxy) is 1. The van der Waals surface area contributed by atoms with Crippen LogP contribution in [0.2, 0.25) is 0 Å². The van der Waals surface area contributed by atoms with Gasteiger partial charge in [0.15, 0.2) is 0 Å². The first-order chi connectivity index (χ1) is 9.47. The zero-order valence-corrected chi connectivity index (χ0v) is 12.3. The molecule has 2 rings (SSSR count). The second-order valence-electron chi connectivity index (χ2n) is 4.93. The first-order valence-corrected chi connectivity index (χ1v) is 6.75. The molecule has 4 nitrogen and oxygen atoms in total. The monoisotopic (exact) mass is 273 g/mol. The Morgan fingerprint density at radius 1 is 1.30 bits per heavy atom. The minimum atomic E-state index is -0.633. The topological polar surface area (TPSA) is 48.3 Å². The predicted octanol–water partition coefficient (Wildman–Crippen LogP) is 2.74. The van der Waals surface area contributed by atoms with Crippen molar-refractivity contribution in [2.24, 2.45) is 0 Å². The van der Waals surface area contributed by atoms with E-state index in [0.717, 1.165) is 22.0 Å². The molecule has 1 unspecified atom stereocenters. The number of aryl methyl sites for hydroxylation is 2. The van der Waals surface area contributed by atoms with Gasteiger partial charge in [0.05, 0.1) is 12.1 Å². The number of rotatable bonds is 3. The summed E-state index contributed by atoms with van der Waals surface area (Å²) >= 11 is 0. The van der Waals surface area contributed by atoms with Crippen molar-refractivity contribution in [3.05, 3.63) is 45.7 Å². The summed E-state index contributed by atoms with van der Waals surface area (Å²) in [6.45, 7) is 7.60. The standard InChI is InChI=1S/C16H19NO3/c1-5-20-16(19)12(4)17-14(18)9-11(3)13-8-6-7-10(2)15(13)17/h6-9,12H,5H2,1-4H3. The molecule has 1 atom stereocenters. The molecule has 0 bridgehead atoms. The third-order valence-corrected chi connectivity index (χ3v) is 3.50. The average Bonchev–Trinajstić information content (AvgIpc) is 2.40. The van der Waals surface area contributed by atoms with Crippen LogP contribution in [0, 0.1) is 13.8 Å². The molecule has 0 aliphatic carbocycles. The number of carbonyl (C=O) groups excluding carboxylic acids is 1. The molecule has 20 heavy (non-hydrogen) atoms. The van der Waals surface area contributed by atoms with Crippen LogP contribution in [-0.4, -0.2) is 17.1 Å². The molecule has 4 heteroatoms. The molecule has 1 aromatic carbocycles. The van der Waals surface area contributed by atoms with E-state index in [1.54, 1.807) is 19.9 Å². The van der Waals surface area contributed by atoms with E-state index in [2.05, 4.69) is 0 Å². The van der Waals surface area contributed by atoms with Crippen molar-refractivity contribution >= 4 is 16.9 Å². The molecule has 0 radical (unpaired) electrons. The van der Waals surface area contributed by atoms with Gasteiger partial charge in [-0.2, -0.15) is 0 Å². The maximum atomic E-state index is 12.3. The smallest absolute Gasteiger partial charge is 0.328 e. The van der Waals surface area contributed by atoms with E-state index in [1.807, 2.05) is 32.0 Å². The number of pyridine rings is 1. The molecule has 0 fully saturated rings. The van der Waals surface area contributed by atoms with Gasteiger partial charge in [-0.25, -0.2) is 4.79 Å². The lowest BCUT2D eigenvalue weighted by Gasteiger charge is -2.19. The summed E-state index contributed by atoms with van der Waals surface area (Å²) in [4.78, 5) is 24.3. The van der Waals surface area contributed by atoms with Gasteiger partial charge in [-0.1, -0.05) is 18.2 Å².